The second-order valence-corrected chi connectivity index (χ2v) is 6.51. The molecule has 0 atom stereocenters. The fraction of sp³-hybridized carbons (Fsp3) is 0.200. The van der Waals surface area contributed by atoms with E-state index in [1.165, 1.54) is 24.5 Å². The Morgan fingerprint density at radius 3 is 2.25 bits per heavy atom. The van der Waals surface area contributed by atoms with Crippen LogP contribution in [0.3, 0.4) is 0 Å². The van der Waals surface area contributed by atoms with Crippen LogP contribution in [0.1, 0.15) is 0 Å². The molecular formula is C20H20F2N6. The molecule has 6 nitrogen and oxygen atoms in total. The van der Waals surface area contributed by atoms with E-state index in [9.17, 15) is 8.78 Å². The van der Waals surface area contributed by atoms with Crippen molar-refractivity contribution in [2.45, 2.75) is 0 Å². The first-order valence-electron chi connectivity index (χ1n) is 8.99. The molecule has 1 aliphatic heterocycles. The third-order valence-electron chi connectivity index (χ3n) is 4.76. The highest BCUT2D eigenvalue weighted by atomic mass is 19.1. The summed E-state index contributed by atoms with van der Waals surface area (Å²) < 4.78 is 27.0. The average molecular weight is 382 g/mol. The number of hydrogen-bond donors (Lipinski definition) is 2. The number of rotatable bonds is 4. The molecule has 3 aromatic rings. The Hall–Kier alpha value is -3.42. The van der Waals surface area contributed by atoms with E-state index < -0.39 is 0 Å². The van der Waals surface area contributed by atoms with Gasteiger partial charge < -0.3 is 20.9 Å². The van der Waals surface area contributed by atoms with Gasteiger partial charge in [-0.3, -0.25) is 0 Å². The fourth-order valence-electron chi connectivity index (χ4n) is 3.26. The number of para-hydroxylation sites is 1. The Bertz CT molecular complexity index is 955. The van der Waals surface area contributed by atoms with Crippen molar-refractivity contribution < 1.29 is 8.78 Å². The molecule has 0 radical (unpaired) electrons. The first-order valence-corrected chi connectivity index (χ1v) is 8.99. The second-order valence-electron chi connectivity index (χ2n) is 6.51. The fourth-order valence-corrected chi connectivity index (χ4v) is 3.26. The highest BCUT2D eigenvalue weighted by molar-refractivity contribution is 5.78. The number of halogens is 2. The summed E-state index contributed by atoms with van der Waals surface area (Å²) in [6.45, 7) is 2.92. The van der Waals surface area contributed by atoms with Crippen molar-refractivity contribution in [1.82, 2.24) is 9.97 Å². The summed E-state index contributed by atoms with van der Waals surface area (Å²) in [4.78, 5) is 12.7. The minimum absolute atomic E-state index is 0.244. The molecule has 0 aliphatic carbocycles. The molecule has 1 fully saturated rings. The summed E-state index contributed by atoms with van der Waals surface area (Å²) >= 11 is 0. The lowest BCUT2D eigenvalue weighted by Crippen LogP contribution is -2.47. The van der Waals surface area contributed by atoms with Crippen molar-refractivity contribution >= 4 is 28.7 Å². The van der Waals surface area contributed by atoms with E-state index >= 15 is 0 Å². The van der Waals surface area contributed by atoms with Crippen LogP contribution in [0.2, 0.25) is 0 Å². The van der Waals surface area contributed by atoms with E-state index in [0.717, 1.165) is 18.8 Å². The third-order valence-corrected chi connectivity index (χ3v) is 4.76. The Morgan fingerprint density at radius 2 is 1.54 bits per heavy atom. The summed E-state index contributed by atoms with van der Waals surface area (Å²) in [6, 6.07) is 12.8. The van der Waals surface area contributed by atoms with E-state index in [4.69, 9.17) is 5.73 Å². The molecule has 0 amide bonds. The van der Waals surface area contributed by atoms with Gasteiger partial charge in [-0.05, 0) is 36.4 Å². The van der Waals surface area contributed by atoms with Gasteiger partial charge in [0.15, 0.2) is 11.6 Å². The highest BCUT2D eigenvalue weighted by Gasteiger charge is 2.22. The Labute approximate surface area is 161 Å². The number of aromatic nitrogens is 2. The van der Waals surface area contributed by atoms with E-state index in [1.807, 2.05) is 0 Å². The standard InChI is InChI=1S/C20H20F2N6/c21-14-5-7-15(8-6-14)27-9-11-28(12-10-27)20-18(23)19(24-13-25-20)26-17-4-2-1-3-16(17)22/h1-8,13H,9-12,23H2,(H,24,25,26). The van der Waals surface area contributed by atoms with Crippen LogP contribution in [0.4, 0.5) is 37.5 Å². The minimum atomic E-state index is -0.380. The lowest BCUT2D eigenvalue weighted by atomic mass is 10.2. The first-order chi connectivity index (χ1) is 13.6. The summed E-state index contributed by atoms with van der Waals surface area (Å²) in [7, 11) is 0. The van der Waals surface area contributed by atoms with Gasteiger partial charge in [0.2, 0.25) is 0 Å². The van der Waals surface area contributed by atoms with Crippen LogP contribution in [0, 0.1) is 11.6 Å². The number of nitrogens with two attached hydrogens (primary N) is 1. The summed E-state index contributed by atoms with van der Waals surface area (Å²) in [6.07, 6.45) is 1.42. The molecule has 0 unspecified atom stereocenters. The molecule has 8 heteroatoms. The largest absolute Gasteiger partial charge is 0.393 e. The molecule has 28 heavy (non-hydrogen) atoms. The SMILES string of the molecule is Nc1c(Nc2ccccc2F)ncnc1N1CCN(c2ccc(F)cc2)CC1. The number of nitrogens with zero attached hydrogens (tertiary/aromatic N) is 4. The maximum Gasteiger partial charge on any atom is 0.159 e. The molecular weight excluding hydrogens is 362 g/mol. The third kappa shape index (κ3) is 3.66. The number of benzene rings is 2. The van der Waals surface area contributed by atoms with Crippen LogP contribution in [0.15, 0.2) is 54.9 Å². The predicted molar refractivity (Wildman–Crippen MR) is 107 cm³/mol. The van der Waals surface area contributed by atoms with Gasteiger partial charge >= 0.3 is 0 Å². The van der Waals surface area contributed by atoms with E-state index in [0.29, 0.717) is 36.1 Å². The first kappa shape index (κ1) is 18.0. The number of nitrogens with one attached hydrogen (secondary N) is 1. The van der Waals surface area contributed by atoms with Crippen molar-refractivity contribution in [3.8, 4) is 0 Å². The van der Waals surface area contributed by atoms with E-state index in [-0.39, 0.29) is 11.6 Å². The van der Waals surface area contributed by atoms with Crippen LogP contribution in [-0.4, -0.2) is 36.1 Å². The molecule has 0 spiro atoms. The van der Waals surface area contributed by atoms with Crippen molar-refractivity contribution in [1.29, 1.82) is 0 Å². The van der Waals surface area contributed by atoms with Gasteiger partial charge in [0.1, 0.15) is 23.6 Å². The maximum atomic E-state index is 13.9. The predicted octanol–water partition coefficient (Wildman–Crippen LogP) is 3.41. The number of hydrogen-bond acceptors (Lipinski definition) is 6. The molecule has 0 bridgehead atoms. The topological polar surface area (TPSA) is 70.3 Å². The lowest BCUT2D eigenvalue weighted by Gasteiger charge is -2.37. The summed E-state index contributed by atoms with van der Waals surface area (Å²) in [5, 5.41) is 2.94. The van der Waals surface area contributed by atoms with Gasteiger partial charge in [0.05, 0.1) is 5.69 Å². The normalized spacial score (nSPS) is 14.2. The molecule has 1 aromatic heterocycles. The van der Waals surface area contributed by atoms with Crippen molar-refractivity contribution in [3.05, 3.63) is 66.5 Å². The average Bonchev–Trinajstić information content (AvgIpc) is 2.72. The number of anilines is 5. The summed E-state index contributed by atoms with van der Waals surface area (Å²) in [5.74, 6) is 0.365. The van der Waals surface area contributed by atoms with Gasteiger partial charge in [-0.1, -0.05) is 12.1 Å². The van der Waals surface area contributed by atoms with Gasteiger partial charge in [-0.15, -0.1) is 0 Å². The van der Waals surface area contributed by atoms with E-state index in [1.54, 1.807) is 30.3 Å². The molecule has 3 N–H and O–H groups in total. The van der Waals surface area contributed by atoms with Crippen LogP contribution in [-0.2, 0) is 0 Å². The smallest absolute Gasteiger partial charge is 0.159 e. The van der Waals surface area contributed by atoms with E-state index in [2.05, 4.69) is 25.1 Å². The minimum Gasteiger partial charge on any atom is -0.393 e. The highest BCUT2D eigenvalue weighted by Crippen LogP contribution is 2.30. The number of nitrogen functional groups attached to an aromatic ring is 1. The maximum absolute atomic E-state index is 13.9. The Balaban J connectivity index is 1.48. The van der Waals surface area contributed by atoms with Gasteiger partial charge in [-0.25, -0.2) is 18.7 Å². The Morgan fingerprint density at radius 1 is 0.857 bits per heavy atom. The molecule has 144 valence electrons. The molecule has 1 aliphatic rings. The number of piperazine rings is 1. The molecule has 4 rings (SSSR count). The van der Waals surface area contributed by atoms with Gasteiger partial charge in [0.25, 0.3) is 0 Å². The second kappa shape index (κ2) is 7.67. The zero-order valence-corrected chi connectivity index (χ0v) is 15.1. The van der Waals surface area contributed by atoms with Crippen molar-refractivity contribution in [3.63, 3.8) is 0 Å². The Kier molecular flexibility index (Phi) is 4.92. The molecule has 2 heterocycles. The monoisotopic (exact) mass is 382 g/mol. The van der Waals surface area contributed by atoms with Crippen LogP contribution in [0.25, 0.3) is 0 Å². The zero-order valence-electron chi connectivity index (χ0n) is 15.1. The van der Waals surface area contributed by atoms with Crippen LogP contribution < -0.4 is 20.9 Å². The van der Waals surface area contributed by atoms with Gasteiger partial charge in [0, 0.05) is 31.9 Å². The van der Waals surface area contributed by atoms with Crippen LogP contribution >= 0.6 is 0 Å². The van der Waals surface area contributed by atoms with Crippen LogP contribution in [0.5, 0.6) is 0 Å². The quantitative estimate of drug-likeness (QED) is 0.721. The van der Waals surface area contributed by atoms with Crippen molar-refractivity contribution in [2.24, 2.45) is 0 Å². The van der Waals surface area contributed by atoms with Crippen molar-refractivity contribution in [2.75, 3.05) is 47.0 Å². The molecule has 2 aromatic carbocycles. The molecule has 1 saturated heterocycles. The lowest BCUT2D eigenvalue weighted by molar-refractivity contribution is 0.624. The summed E-state index contributed by atoms with van der Waals surface area (Å²) in [5.41, 5.74) is 7.93. The van der Waals surface area contributed by atoms with Gasteiger partial charge in [-0.2, -0.15) is 0 Å². The molecule has 0 saturated carbocycles. The zero-order chi connectivity index (χ0) is 19.5.